The van der Waals surface area contributed by atoms with Crippen molar-refractivity contribution < 1.29 is 23.5 Å². The SMILES string of the molecule is CO[C@@H]1C[C@H]2CN(C(=O)CCC(=O)Nc3cccc(F)c3)C[C@H]2C[C@H]1NC(C)=O. The molecular formula is C21H28FN3O4. The number of halogens is 1. The van der Waals surface area contributed by atoms with Gasteiger partial charge in [-0.05, 0) is 42.9 Å². The predicted molar refractivity (Wildman–Crippen MR) is 105 cm³/mol. The largest absolute Gasteiger partial charge is 0.379 e. The number of hydrogen-bond donors (Lipinski definition) is 2. The van der Waals surface area contributed by atoms with Gasteiger partial charge in [0.05, 0.1) is 12.1 Å². The van der Waals surface area contributed by atoms with Crippen LogP contribution in [0.5, 0.6) is 0 Å². The number of ether oxygens (including phenoxy) is 1. The van der Waals surface area contributed by atoms with Gasteiger partial charge in [-0.2, -0.15) is 0 Å². The van der Waals surface area contributed by atoms with Gasteiger partial charge in [0.1, 0.15) is 5.82 Å². The number of fused-ring (bicyclic) bond motifs is 1. The molecule has 7 nitrogen and oxygen atoms in total. The topological polar surface area (TPSA) is 87.7 Å². The lowest BCUT2D eigenvalue weighted by Gasteiger charge is -2.37. The number of carbonyl (C=O) groups excluding carboxylic acids is 3. The molecule has 3 rings (SSSR count). The summed E-state index contributed by atoms with van der Waals surface area (Å²) in [5.74, 6) is -0.209. The molecule has 1 heterocycles. The molecule has 0 bridgehead atoms. The summed E-state index contributed by atoms with van der Waals surface area (Å²) in [5.41, 5.74) is 0.379. The Labute approximate surface area is 170 Å². The van der Waals surface area contributed by atoms with E-state index in [1.807, 2.05) is 4.90 Å². The third kappa shape index (κ3) is 5.53. The quantitative estimate of drug-likeness (QED) is 0.757. The normalized spacial score (nSPS) is 26.0. The molecule has 1 saturated heterocycles. The van der Waals surface area contributed by atoms with Gasteiger partial charge in [-0.3, -0.25) is 14.4 Å². The van der Waals surface area contributed by atoms with E-state index in [9.17, 15) is 18.8 Å². The molecular weight excluding hydrogens is 377 g/mol. The minimum Gasteiger partial charge on any atom is -0.379 e. The molecule has 1 aliphatic carbocycles. The molecule has 8 heteroatoms. The fourth-order valence-electron chi connectivity index (χ4n) is 4.46. The number of amides is 3. The van der Waals surface area contributed by atoms with Crippen LogP contribution < -0.4 is 10.6 Å². The minimum absolute atomic E-state index is 0.0363. The first kappa shape index (κ1) is 21.2. The van der Waals surface area contributed by atoms with Crippen LogP contribution in [0.2, 0.25) is 0 Å². The van der Waals surface area contributed by atoms with E-state index in [-0.39, 0.29) is 42.7 Å². The van der Waals surface area contributed by atoms with Gasteiger partial charge < -0.3 is 20.3 Å². The Bertz CT molecular complexity index is 772. The van der Waals surface area contributed by atoms with E-state index in [1.165, 1.54) is 25.1 Å². The van der Waals surface area contributed by atoms with E-state index >= 15 is 0 Å². The molecule has 2 fully saturated rings. The second-order valence-corrected chi connectivity index (χ2v) is 7.93. The molecule has 3 amide bonds. The Balaban J connectivity index is 1.49. The van der Waals surface area contributed by atoms with E-state index in [0.717, 1.165) is 12.8 Å². The molecule has 1 aliphatic heterocycles. The van der Waals surface area contributed by atoms with E-state index < -0.39 is 5.82 Å². The fourth-order valence-corrected chi connectivity index (χ4v) is 4.46. The summed E-state index contributed by atoms with van der Waals surface area (Å²) in [6.07, 6.45) is 1.70. The molecule has 4 atom stereocenters. The highest BCUT2D eigenvalue weighted by Gasteiger charge is 2.43. The molecule has 29 heavy (non-hydrogen) atoms. The third-order valence-corrected chi connectivity index (χ3v) is 5.84. The lowest BCUT2D eigenvalue weighted by molar-refractivity contribution is -0.132. The van der Waals surface area contributed by atoms with Crippen molar-refractivity contribution in [1.82, 2.24) is 10.2 Å². The van der Waals surface area contributed by atoms with Gasteiger partial charge in [0.15, 0.2) is 0 Å². The molecule has 0 spiro atoms. The molecule has 0 radical (unpaired) electrons. The highest BCUT2D eigenvalue weighted by Crippen LogP contribution is 2.37. The van der Waals surface area contributed by atoms with Crippen LogP contribution in [-0.2, 0) is 19.1 Å². The van der Waals surface area contributed by atoms with Crippen LogP contribution in [0.1, 0.15) is 32.6 Å². The highest BCUT2D eigenvalue weighted by molar-refractivity contribution is 5.93. The monoisotopic (exact) mass is 405 g/mol. The van der Waals surface area contributed by atoms with Crippen molar-refractivity contribution in [2.75, 3.05) is 25.5 Å². The molecule has 1 aromatic rings. The number of carbonyl (C=O) groups is 3. The summed E-state index contributed by atoms with van der Waals surface area (Å²) in [5, 5.41) is 5.57. The number of hydrogen-bond acceptors (Lipinski definition) is 4. The van der Waals surface area contributed by atoms with Crippen molar-refractivity contribution in [3.8, 4) is 0 Å². The van der Waals surface area contributed by atoms with E-state index in [0.29, 0.717) is 30.6 Å². The molecule has 0 aromatic heterocycles. The van der Waals surface area contributed by atoms with E-state index in [4.69, 9.17) is 4.74 Å². The van der Waals surface area contributed by atoms with Crippen LogP contribution in [0.3, 0.4) is 0 Å². The first-order valence-corrected chi connectivity index (χ1v) is 9.98. The number of anilines is 1. The smallest absolute Gasteiger partial charge is 0.224 e. The second kappa shape index (κ2) is 9.35. The molecule has 1 aromatic carbocycles. The number of benzene rings is 1. The Kier molecular flexibility index (Phi) is 6.84. The average molecular weight is 405 g/mol. The van der Waals surface area contributed by atoms with Crippen molar-refractivity contribution >= 4 is 23.4 Å². The number of nitrogens with zero attached hydrogens (tertiary/aromatic N) is 1. The molecule has 2 aliphatic rings. The third-order valence-electron chi connectivity index (χ3n) is 5.84. The number of rotatable bonds is 6. The Morgan fingerprint density at radius 1 is 1.17 bits per heavy atom. The number of methoxy groups -OCH3 is 1. The van der Waals surface area contributed by atoms with Crippen molar-refractivity contribution in [3.05, 3.63) is 30.1 Å². The zero-order valence-corrected chi connectivity index (χ0v) is 16.8. The van der Waals surface area contributed by atoms with Crippen LogP contribution in [0.25, 0.3) is 0 Å². The maximum absolute atomic E-state index is 13.2. The lowest BCUT2D eigenvalue weighted by Crippen LogP contribution is -2.49. The average Bonchev–Trinajstić information content (AvgIpc) is 3.08. The van der Waals surface area contributed by atoms with Gasteiger partial charge in [0.25, 0.3) is 0 Å². The maximum atomic E-state index is 13.2. The molecule has 0 unspecified atom stereocenters. The Morgan fingerprint density at radius 3 is 2.55 bits per heavy atom. The first-order valence-electron chi connectivity index (χ1n) is 9.98. The summed E-state index contributed by atoms with van der Waals surface area (Å²) < 4.78 is 18.7. The Morgan fingerprint density at radius 2 is 1.90 bits per heavy atom. The minimum atomic E-state index is -0.425. The standard InChI is InChI=1S/C21H28FN3O4/c1-13(26)23-18-8-14-11-25(12-15(14)9-19(18)29-2)21(28)7-6-20(27)24-17-5-3-4-16(22)10-17/h3-5,10,14-15,18-19H,6-9,11-12H2,1-2H3,(H,23,26)(H,24,27)/t14-,15+,18-,19-/m1/s1. The summed E-state index contributed by atoms with van der Waals surface area (Å²) in [6.45, 7) is 2.79. The molecule has 1 saturated carbocycles. The van der Waals surface area contributed by atoms with Crippen molar-refractivity contribution in [3.63, 3.8) is 0 Å². The summed E-state index contributed by atoms with van der Waals surface area (Å²) in [6, 6.07) is 5.62. The van der Waals surface area contributed by atoms with Crippen molar-refractivity contribution in [2.45, 2.75) is 44.8 Å². The summed E-state index contributed by atoms with van der Waals surface area (Å²) in [4.78, 5) is 37.9. The van der Waals surface area contributed by atoms with E-state index in [1.54, 1.807) is 13.2 Å². The maximum Gasteiger partial charge on any atom is 0.224 e. The number of likely N-dealkylation sites (tertiary alicyclic amines) is 1. The van der Waals surface area contributed by atoms with Crippen LogP contribution >= 0.6 is 0 Å². The molecule has 158 valence electrons. The Hall–Kier alpha value is -2.48. The van der Waals surface area contributed by atoms with Gasteiger partial charge in [-0.1, -0.05) is 6.07 Å². The van der Waals surface area contributed by atoms with Crippen molar-refractivity contribution in [2.24, 2.45) is 11.8 Å². The number of nitrogens with one attached hydrogen (secondary N) is 2. The van der Waals surface area contributed by atoms with Gasteiger partial charge in [0.2, 0.25) is 17.7 Å². The van der Waals surface area contributed by atoms with Gasteiger partial charge >= 0.3 is 0 Å². The first-order chi connectivity index (χ1) is 13.9. The van der Waals surface area contributed by atoms with Crippen LogP contribution in [0, 0.1) is 17.7 Å². The summed E-state index contributed by atoms with van der Waals surface area (Å²) in [7, 11) is 1.65. The van der Waals surface area contributed by atoms with Crippen LogP contribution in [-0.4, -0.2) is 55.0 Å². The molecule has 2 N–H and O–H groups in total. The van der Waals surface area contributed by atoms with Gasteiger partial charge in [-0.15, -0.1) is 0 Å². The lowest BCUT2D eigenvalue weighted by atomic mass is 9.77. The van der Waals surface area contributed by atoms with E-state index in [2.05, 4.69) is 10.6 Å². The zero-order chi connectivity index (χ0) is 21.0. The van der Waals surface area contributed by atoms with Crippen LogP contribution in [0.4, 0.5) is 10.1 Å². The fraction of sp³-hybridized carbons (Fsp3) is 0.571. The van der Waals surface area contributed by atoms with Crippen LogP contribution in [0.15, 0.2) is 24.3 Å². The predicted octanol–water partition coefficient (Wildman–Crippen LogP) is 1.93. The van der Waals surface area contributed by atoms with Gasteiger partial charge in [-0.25, -0.2) is 4.39 Å². The summed E-state index contributed by atoms with van der Waals surface area (Å²) >= 11 is 0. The second-order valence-electron chi connectivity index (χ2n) is 7.93. The highest BCUT2D eigenvalue weighted by atomic mass is 19.1. The zero-order valence-electron chi connectivity index (χ0n) is 16.8. The van der Waals surface area contributed by atoms with Gasteiger partial charge in [0, 0.05) is 45.7 Å². The van der Waals surface area contributed by atoms with Crippen molar-refractivity contribution in [1.29, 1.82) is 0 Å².